The van der Waals surface area contributed by atoms with E-state index in [2.05, 4.69) is 10.2 Å². The van der Waals surface area contributed by atoms with Gasteiger partial charge in [-0.2, -0.15) is 5.10 Å². The molecule has 4 rings (SSSR count). The van der Waals surface area contributed by atoms with Crippen molar-refractivity contribution in [2.45, 2.75) is 13.5 Å². The van der Waals surface area contributed by atoms with E-state index < -0.39 is 0 Å². The molecule has 0 amide bonds. The molecular formula is C24H21ClN2O4. The number of phenols is 1. The number of nitrogens with one attached hydrogen (secondary N) is 1. The van der Waals surface area contributed by atoms with Gasteiger partial charge >= 0.3 is 0 Å². The molecule has 0 aliphatic heterocycles. The second-order valence-corrected chi connectivity index (χ2v) is 7.06. The number of H-pyrrole nitrogens is 1. The van der Waals surface area contributed by atoms with Crippen LogP contribution >= 0.6 is 11.6 Å². The number of aromatic nitrogens is 2. The maximum atomic E-state index is 10.6. The van der Waals surface area contributed by atoms with Crippen LogP contribution in [0.3, 0.4) is 0 Å². The number of hydrogen-bond acceptors (Lipinski definition) is 5. The number of para-hydroxylation sites is 2. The van der Waals surface area contributed by atoms with Crippen molar-refractivity contribution in [1.29, 1.82) is 0 Å². The van der Waals surface area contributed by atoms with Crippen LogP contribution in [-0.2, 0) is 6.61 Å². The number of rotatable bonds is 8. The van der Waals surface area contributed by atoms with E-state index in [4.69, 9.17) is 25.8 Å². The first-order valence-corrected chi connectivity index (χ1v) is 10.2. The normalized spacial score (nSPS) is 10.6. The van der Waals surface area contributed by atoms with Crippen molar-refractivity contribution < 1.29 is 19.3 Å². The van der Waals surface area contributed by atoms with Crippen LogP contribution in [0, 0.1) is 0 Å². The molecule has 0 atom stereocenters. The van der Waals surface area contributed by atoms with Gasteiger partial charge in [0.25, 0.3) is 0 Å². The van der Waals surface area contributed by atoms with Crippen LogP contribution in [0.1, 0.15) is 12.5 Å². The van der Waals surface area contributed by atoms with Gasteiger partial charge in [-0.1, -0.05) is 41.9 Å². The quantitative estimate of drug-likeness (QED) is 0.343. The van der Waals surface area contributed by atoms with Crippen molar-refractivity contribution in [3.8, 4) is 40.0 Å². The minimum absolute atomic E-state index is 0.0313. The average Bonchev–Trinajstić information content (AvgIpc) is 3.22. The maximum Gasteiger partial charge on any atom is 0.173 e. The Bertz CT molecular complexity index is 1180. The van der Waals surface area contributed by atoms with Gasteiger partial charge in [0.2, 0.25) is 0 Å². The zero-order valence-electron chi connectivity index (χ0n) is 16.8. The third-order valence-corrected chi connectivity index (χ3v) is 4.93. The van der Waals surface area contributed by atoms with Crippen LogP contribution in [-0.4, -0.2) is 21.9 Å². The highest BCUT2D eigenvalue weighted by molar-refractivity contribution is 6.31. The van der Waals surface area contributed by atoms with Gasteiger partial charge in [-0.15, -0.1) is 0 Å². The third kappa shape index (κ3) is 4.75. The standard InChI is InChI=1S/C24H21ClN2O4/c1-2-29-21-9-5-6-10-22(21)31-23-14-26-27-24(23)18-12-11-17(13-20(18)28)30-15-16-7-3-4-8-19(16)25/h3-14,28H,2,15H2,1H3,(H,26,27). The van der Waals surface area contributed by atoms with Crippen molar-refractivity contribution in [1.82, 2.24) is 10.2 Å². The number of phenolic OH excluding ortho intramolecular Hbond substituents is 1. The van der Waals surface area contributed by atoms with Crippen molar-refractivity contribution in [3.63, 3.8) is 0 Å². The van der Waals surface area contributed by atoms with Crippen molar-refractivity contribution in [2.75, 3.05) is 6.61 Å². The Morgan fingerprint density at radius 3 is 2.48 bits per heavy atom. The van der Waals surface area contributed by atoms with Gasteiger partial charge in [0, 0.05) is 22.2 Å². The predicted octanol–water partition coefficient (Wildman–Crippen LogP) is 6.21. The Balaban J connectivity index is 1.53. The summed E-state index contributed by atoms with van der Waals surface area (Å²) >= 11 is 6.17. The van der Waals surface area contributed by atoms with E-state index in [1.807, 2.05) is 55.5 Å². The molecule has 1 aromatic heterocycles. The van der Waals surface area contributed by atoms with Gasteiger partial charge in [-0.3, -0.25) is 5.10 Å². The first-order valence-electron chi connectivity index (χ1n) is 9.78. The molecule has 0 aliphatic carbocycles. The number of benzene rings is 3. The topological polar surface area (TPSA) is 76.6 Å². The number of aromatic hydroxyl groups is 1. The zero-order valence-corrected chi connectivity index (χ0v) is 17.6. The van der Waals surface area contributed by atoms with Crippen LogP contribution in [0.5, 0.6) is 28.7 Å². The smallest absolute Gasteiger partial charge is 0.173 e. The second kappa shape index (κ2) is 9.45. The molecule has 0 aliphatic rings. The highest BCUT2D eigenvalue weighted by atomic mass is 35.5. The monoisotopic (exact) mass is 436 g/mol. The van der Waals surface area contributed by atoms with Crippen molar-refractivity contribution >= 4 is 11.6 Å². The van der Waals surface area contributed by atoms with Gasteiger partial charge in [0.15, 0.2) is 17.2 Å². The molecule has 4 aromatic rings. The summed E-state index contributed by atoms with van der Waals surface area (Å²) < 4.78 is 17.4. The van der Waals surface area contributed by atoms with Gasteiger partial charge in [0.05, 0.1) is 12.8 Å². The summed E-state index contributed by atoms with van der Waals surface area (Å²) in [4.78, 5) is 0. The van der Waals surface area contributed by atoms with Gasteiger partial charge < -0.3 is 19.3 Å². The molecule has 0 bridgehead atoms. The minimum atomic E-state index is 0.0313. The lowest BCUT2D eigenvalue weighted by Gasteiger charge is -2.12. The minimum Gasteiger partial charge on any atom is -0.507 e. The SMILES string of the molecule is CCOc1ccccc1Oc1cn[nH]c1-c1ccc(OCc2ccccc2Cl)cc1O. The summed E-state index contributed by atoms with van der Waals surface area (Å²) in [6.45, 7) is 2.73. The van der Waals surface area contributed by atoms with E-state index in [1.54, 1.807) is 24.4 Å². The van der Waals surface area contributed by atoms with Gasteiger partial charge in [0.1, 0.15) is 23.8 Å². The van der Waals surface area contributed by atoms with Crippen LogP contribution < -0.4 is 14.2 Å². The number of hydrogen-bond donors (Lipinski definition) is 2. The lowest BCUT2D eigenvalue weighted by atomic mass is 10.1. The van der Waals surface area contributed by atoms with Crippen LogP contribution in [0.25, 0.3) is 11.3 Å². The summed E-state index contributed by atoms with van der Waals surface area (Å²) in [6.07, 6.45) is 1.55. The first-order chi connectivity index (χ1) is 15.2. The Labute approximate surface area is 185 Å². The molecule has 0 radical (unpaired) electrons. The van der Waals surface area contributed by atoms with Crippen LogP contribution in [0.4, 0.5) is 0 Å². The maximum absolute atomic E-state index is 10.6. The summed E-state index contributed by atoms with van der Waals surface area (Å²) in [5.41, 5.74) is 1.94. The largest absolute Gasteiger partial charge is 0.507 e. The first kappa shape index (κ1) is 20.6. The molecule has 7 heteroatoms. The predicted molar refractivity (Wildman–Crippen MR) is 119 cm³/mol. The second-order valence-electron chi connectivity index (χ2n) is 6.65. The number of aromatic amines is 1. The lowest BCUT2D eigenvalue weighted by molar-refractivity contribution is 0.304. The Morgan fingerprint density at radius 1 is 0.935 bits per heavy atom. The van der Waals surface area contributed by atoms with E-state index in [-0.39, 0.29) is 5.75 Å². The Morgan fingerprint density at radius 2 is 1.71 bits per heavy atom. The summed E-state index contributed by atoms with van der Waals surface area (Å²) in [6, 6.07) is 19.9. The highest BCUT2D eigenvalue weighted by Gasteiger charge is 2.16. The number of nitrogens with zero attached hydrogens (tertiary/aromatic N) is 1. The Kier molecular flexibility index (Phi) is 6.29. The lowest BCUT2D eigenvalue weighted by Crippen LogP contribution is -1.96. The number of halogens is 1. The molecule has 0 unspecified atom stereocenters. The number of ether oxygens (including phenoxy) is 3. The summed E-state index contributed by atoms with van der Waals surface area (Å²) in [5, 5.41) is 18.2. The molecule has 31 heavy (non-hydrogen) atoms. The molecular weight excluding hydrogens is 416 g/mol. The van der Waals surface area contributed by atoms with E-state index in [0.717, 1.165) is 5.56 Å². The fourth-order valence-electron chi connectivity index (χ4n) is 3.06. The molecule has 1 heterocycles. The van der Waals surface area contributed by atoms with Gasteiger partial charge in [-0.05, 0) is 37.3 Å². The van der Waals surface area contributed by atoms with Crippen molar-refractivity contribution in [2.24, 2.45) is 0 Å². The average molecular weight is 437 g/mol. The molecule has 0 fully saturated rings. The molecule has 0 saturated heterocycles. The molecule has 0 saturated carbocycles. The summed E-state index contributed by atoms with van der Waals surface area (Å²) in [7, 11) is 0. The summed E-state index contributed by atoms with van der Waals surface area (Å²) in [5.74, 6) is 2.21. The van der Waals surface area contributed by atoms with Crippen molar-refractivity contribution in [3.05, 3.63) is 83.5 Å². The highest BCUT2D eigenvalue weighted by Crippen LogP contribution is 2.40. The molecule has 0 spiro atoms. The van der Waals surface area contributed by atoms with E-state index >= 15 is 0 Å². The fourth-order valence-corrected chi connectivity index (χ4v) is 3.25. The molecule has 158 valence electrons. The molecule has 2 N–H and O–H groups in total. The van der Waals surface area contributed by atoms with E-state index in [0.29, 0.717) is 52.5 Å². The van der Waals surface area contributed by atoms with E-state index in [1.165, 1.54) is 0 Å². The van der Waals surface area contributed by atoms with Crippen LogP contribution in [0.15, 0.2) is 72.9 Å². The Hall–Kier alpha value is -3.64. The fraction of sp³-hybridized carbons (Fsp3) is 0.125. The molecule has 3 aromatic carbocycles. The van der Waals surface area contributed by atoms with Gasteiger partial charge in [-0.25, -0.2) is 0 Å². The third-order valence-electron chi connectivity index (χ3n) is 4.56. The zero-order chi connectivity index (χ0) is 21.6. The molecule has 6 nitrogen and oxygen atoms in total. The van der Waals surface area contributed by atoms with E-state index in [9.17, 15) is 5.11 Å². The van der Waals surface area contributed by atoms with Crippen LogP contribution in [0.2, 0.25) is 5.02 Å².